The summed E-state index contributed by atoms with van der Waals surface area (Å²) in [6.07, 6.45) is 1.81. The molecule has 1 heterocycles. The molecule has 0 spiro atoms. The molecule has 0 aromatic heterocycles. The van der Waals surface area contributed by atoms with E-state index in [1.807, 2.05) is 18.2 Å². The van der Waals surface area contributed by atoms with Gasteiger partial charge in [-0.3, -0.25) is 0 Å². The highest BCUT2D eigenvalue weighted by Gasteiger charge is 2.31. The van der Waals surface area contributed by atoms with E-state index in [1.165, 1.54) is 11.6 Å². The van der Waals surface area contributed by atoms with Crippen LogP contribution in [0.3, 0.4) is 0 Å². The minimum absolute atomic E-state index is 0.0305. The summed E-state index contributed by atoms with van der Waals surface area (Å²) in [6, 6.07) is 13.4. The summed E-state index contributed by atoms with van der Waals surface area (Å²) in [5.74, 6) is 0.643. The van der Waals surface area contributed by atoms with Crippen molar-refractivity contribution in [1.82, 2.24) is 4.72 Å². The van der Waals surface area contributed by atoms with Gasteiger partial charge in [-0.2, -0.15) is 0 Å². The maximum atomic E-state index is 14.5. The number of hydrogen-bond donors (Lipinski definition) is 1. The van der Waals surface area contributed by atoms with Crippen LogP contribution in [0.2, 0.25) is 0 Å². The van der Waals surface area contributed by atoms with Crippen LogP contribution in [0.25, 0.3) is 0 Å². The number of halogens is 1. The average molecular weight is 392 g/mol. The molecule has 4 nitrogen and oxygen atoms in total. The number of nitrogens with one attached hydrogen (secondary N) is 1. The molecule has 146 valence electrons. The zero-order valence-electron chi connectivity index (χ0n) is 15.7. The molecule has 2 unspecified atom stereocenters. The first-order valence-electron chi connectivity index (χ1n) is 9.39. The Labute approximate surface area is 160 Å². The van der Waals surface area contributed by atoms with Crippen LogP contribution in [0.4, 0.5) is 4.39 Å². The number of fused-ring (bicyclic) bond motifs is 1. The van der Waals surface area contributed by atoms with Gasteiger partial charge in [-0.05, 0) is 42.9 Å². The Hall–Kier alpha value is -1.92. The van der Waals surface area contributed by atoms with E-state index in [0.717, 1.165) is 18.4 Å². The molecule has 0 radical (unpaired) electrons. The maximum Gasteiger partial charge on any atom is 0.211 e. The van der Waals surface area contributed by atoms with Crippen molar-refractivity contribution in [1.29, 1.82) is 0 Å². The van der Waals surface area contributed by atoms with E-state index in [4.69, 9.17) is 4.74 Å². The maximum absolute atomic E-state index is 14.5. The van der Waals surface area contributed by atoms with E-state index < -0.39 is 15.8 Å². The number of ether oxygens (including phenoxy) is 1. The van der Waals surface area contributed by atoms with Crippen LogP contribution in [0.15, 0.2) is 42.5 Å². The summed E-state index contributed by atoms with van der Waals surface area (Å²) >= 11 is 0. The lowest BCUT2D eigenvalue weighted by Crippen LogP contribution is -2.28. The molecule has 6 heteroatoms. The molecular formula is C21H26FNO3S. The summed E-state index contributed by atoms with van der Waals surface area (Å²) in [5, 5.41) is 0. The zero-order valence-corrected chi connectivity index (χ0v) is 16.6. The second-order valence-electron chi connectivity index (χ2n) is 6.98. The molecule has 3 rings (SSSR count). The fourth-order valence-electron chi connectivity index (χ4n) is 3.57. The Morgan fingerprint density at radius 1 is 1.19 bits per heavy atom. The van der Waals surface area contributed by atoms with Crippen molar-refractivity contribution in [2.24, 2.45) is 5.92 Å². The Morgan fingerprint density at radius 3 is 2.59 bits per heavy atom. The van der Waals surface area contributed by atoms with Crippen molar-refractivity contribution in [3.8, 4) is 5.75 Å². The summed E-state index contributed by atoms with van der Waals surface area (Å²) in [6.45, 7) is 4.21. The molecule has 0 amide bonds. The van der Waals surface area contributed by atoms with Crippen LogP contribution < -0.4 is 9.46 Å². The Bertz CT molecular complexity index is 884. The zero-order chi connectivity index (χ0) is 19.4. The van der Waals surface area contributed by atoms with E-state index >= 15 is 0 Å². The lowest BCUT2D eigenvalue weighted by molar-refractivity contribution is 0.187. The third-order valence-electron chi connectivity index (χ3n) is 5.29. The van der Waals surface area contributed by atoms with Crippen LogP contribution in [0.5, 0.6) is 5.75 Å². The SMILES string of the molecule is CCC1COc2cc(F)c(CNS(=O)(=O)CC)cc2C1Cc1ccccc1. The molecule has 1 N–H and O–H groups in total. The first-order chi connectivity index (χ1) is 12.9. The van der Waals surface area contributed by atoms with Gasteiger partial charge in [-0.25, -0.2) is 17.5 Å². The van der Waals surface area contributed by atoms with Gasteiger partial charge < -0.3 is 4.74 Å². The molecule has 0 aliphatic carbocycles. The first-order valence-corrected chi connectivity index (χ1v) is 11.0. The molecule has 0 saturated carbocycles. The minimum Gasteiger partial charge on any atom is -0.493 e. The Morgan fingerprint density at radius 2 is 1.93 bits per heavy atom. The van der Waals surface area contributed by atoms with Crippen molar-refractivity contribution in [3.63, 3.8) is 0 Å². The van der Waals surface area contributed by atoms with Crippen molar-refractivity contribution >= 4 is 10.0 Å². The third kappa shape index (κ3) is 4.68. The van der Waals surface area contributed by atoms with Crippen LogP contribution in [0, 0.1) is 11.7 Å². The average Bonchev–Trinajstić information content (AvgIpc) is 2.67. The lowest BCUT2D eigenvalue weighted by atomic mass is 9.78. The fourth-order valence-corrected chi connectivity index (χ4v) is 4.15. The molecule has 1 aliphatic rings. The van der Waals surface area contributed by atoms with Crippen LogP contribution in [0.1, 0.15) is 42.9 Å². The van der Waals surface area contributed by atoms with Gasteiger partial charge in [0.1, 0.15) is 11.6 Å². The van der Waals surface area contributed by atoms with E-state index in [1.54, 1.807) is 13.0 Å². The molecule has 27 heavy (non-hydrogen) atoms. The summed E-state index contributed by atoms with van der Waals surface area (Å²) in [4.78, 5) is 0. The largest absolute Gasteiger partial charge is 0.493 e. The fraction of sp³-hybridized carbons (Fsp3) is 0.429. The predicted octanol–water partition coefficient (Wildman–Crippen LogP) is 4.01. The summed E-state index contributed by atoms with van der Waals surface area (Å²) in [7, 11) is -3.38. The smallest absolute Gasteiger partial charge is 0.211 e. The highest BCUT2D eigenvalue weighted by Crippen LogP contribution is 2.41. The van der Waals surface area contributed by atoms with E-state index in [9.17, 15) is 12.8 Å². The van der Waals surface area contributed by atoms with Crippen LogP contribution >= 0.6 is 0 Å². The summed E-state index contributed by atoms with van der Waals surface area (Å²) in [5.41, 5.74) is 2.54. The molecule has 2 atom stereocenters. The van der Waals surface area contributed by atoms with Crippen molar-refractivity contribution in [2.75, 3.05) is 12.4 Å². The van der Waals surface area contributed by atoms with Gasteiger partial charge in [0, 0.05) is 24.1 Å². The topological polar surface area (TPSA) is 55.4 Å². The lowest BCUT2D eigenvalue weighted by Gasteiger charge is -2.34. The number of benzene rings is 2. The van der Waals surface area contributed by atoms with Gasteiger partial charge in [-0.15, -0.1) is 0 Å². The second kappa shape index (κ2) is 8.40. The normalized spacial score (nSPS) is 19.4. The number of sulfonamides is 1. The molecule has 1 aliphatic heterocycles. The van der Waals surface area contributed by atoms with Gasteiger partial charge in [-0.1, -0.05) is 37.3 Å². The Balaban J connectivity index is 1.93. The number of rotatable bonds is 7. The van der Waals surface area contributed by atoms with Gasteiger partial charge in [0.25, 0.3) is 0 Å². The van der Waals surface area contributed by atoms with Crippen LogP contribution in [-0.4, -0.2) is 20.8 Å². The van der Waals surface area contributed by atoms with Gasteiger partial charge >= 0.3 is 0 Å². The van der Waals surface area contributed by atoms with Crippen molar-refractivity contribution in [2.45, 2.75) is 39.2 Å². The highest BCUT2D eigenvalue weighted by atomic mass is 32.2. The van der Waals surface area contributed by atoms with Gasteiger partial charge in [0.05, 0.1) is 12.4 Å². The molecule has 2 aromatic carbocycles. The Kier molecular flexibility index (Phi) is 6.17. The molecule has 0 fully saturated rings. The van der Waals surface area contributed by atoms with Crippen LogP contribution in [-0.2, 0) is 23.0 Å². The first kappa shape index (κ1) is 19.8. The predicted molar refractivity (Wildman–Crippen MR) is 105 cm³/mol. The number of hydrogen-bond acceptors (Lipinski definition) is 3. The minimum atomic E-state index is -3.38. The second-order valence-corrected chi connectivity index (χ2v) is 9.08. The molecule has 2 aromatic rings. The van der Waals surface area contributed by atoms with Crippen molar-refractivity contribution in [3.05, 3.63) is 65.0 Å². The molecular weight excluding hydrogens is 365 g/mol. The standard InChI is InChI=1S/C21H26FNO3S/c1-3-16-14-26-21-12-20(22)17(13-23-27(24,25)4-2)11-19(21)18(16)10-15-8-6-5-7-9-15/h5-9,11-12,16,18,23H,3-4,10,13-14H2,1-2H3. The third-order valence-corrected chi connectivity index (χ3v) is 6.63. The highest BCUT2D eigenvalue weighted by molar-refractivity contribution is 7.89. The van der Waals surface area contributed by atoms with E-state index in [0.29, 0.717) is 23.8 Å². The quantitative estimate of drug-likeness (QED) is 0.776. The van der Waals surface area contributed by atoms with E-state index in [-0.39, 0.29) is 18.2 Å². The van der Waals surface area contributed by atoms with Gasteiger partial charge in [0.2, 0.25) is 10.0 Å². The van der Waals surface area contributed by atoms with Gasteiger partial charge in [0.15, 0.2) is 0 Å². The molecule has 0 saturated heterocycles. The van der Waals surface area contributed by atoms with Crippen molar-refractivity contribution < 1.29 is 17.5 Å². The summed E-state index contributed by atoms with van der Waals surface area (Å²) < 4.78 is 46.2. The molecule has 0 bridgehead atoms. The monoisotopic (exact) mass is 391 g/mol. The van der Waals surface area contributed by atoms with E-state index in [2.05, 4.69) is 23.8 Å².